The zero-order valence-corrected chi connectivity index (χ0v) is 14.4. The largest absolute Gasteiger partial charge is 0.335 e. The number of aromatic nitrogens is 2. The van der Waals surface area contributed by atoms with Crippen LogP contribution in [0, 0.1) is 12.0 Å². The van der Waals surface area contributed by atoms with Gasteiger partial charge in [0.05, 0.1) is 0 Å². The van der Waals surface area contributed by atoms with Crippen molar-refractivity contribution >= 4 is 11.8 Å². The number of carbonyl (C=O) groups excluding carboxylic acids is 1. The van der Waals surface area contributed by atoms with Gasteiger partial charge >= 0.3 is 6.03 Å². The fraction of sp³-hybridized carbons (Fsp3) is 0.333. The number of anilines is 1. The molecular formula is C15H17N4ORe-. The molecule has 2 amide bonds. The summed E-state index contributed by atoms with van der Waals surface area (Å²) in [5, 5.41) is 10.0. The van der Waals surface area contributed by atoms with E-state index in [0.29, 0.717) is 11.7 Å². The van der Waals surface area contributed by atoms with Crippen LogP contribution < -0.4 is 10.6 Å². The summed E-state index contributed by atoms with van der Waals surface area (Å²) in [7, 11) is 0. The van der Waals surface area contributed by atoms with Gasteiger partial charge in [0.25, 0.3) is 0 Å². The number of benzene rings is 1. The number of nitrogens with zero attached hydrogens (tertiary/aromatic N) is 2. The van der Waals surface area contributed by atoms with Gasteiger partial charge in [0.2, 0.25) is 0 Å². The maximum absolute atomic E-state index is 11.8. The second-order valence-electron chi connectivity index (χ2n) is 5.13. The molecule has 6 heteroatoms. The maximum atomic E-state index is 11.8. The number of nitrogens with one attached hydrogen (secondary N) is 2. The summed E-state index contributed by atoms with van der Waals surface area (Å²) in [5.41, 5.74) is 0.934. The van der Waals surface area contributed by atoms with E-state index in [0.717, 1.165) is 5.69 Å². The molecular weight excluding hydrogens is 438 g/mol. The summed E-state index contributed by atoms with van der Waals surface area (Å²) in [6, 6.07) is 12.2. The van der Waals surface area contributed by atoms with Gasteiger partial charge in [-0.3, -0.25) is 10.00 Å². The molecule has 0 spiro atoms. The first kappa shape index (κ1) is 15.7. The molecule has 1 unspecified atom stereocenters. The summed E-state index contributed by atoms with van der Waals surface area (Å²) >= 11 is 0. The van der Waals surface area contributed by atoms with E-state index in [1.165, 1.54) is 12.8 Å². The van der Waals surface area contributed by atoms with E-state index in [4.69, 9.17) is 0 Å². The molecule has 1 aromatic heterocycles. The molecule has 1 saturated carbocycles. The Morgan fingerprint density at radius 2 is 2.10 bits per heavy atom. The van der Waals surface area contributed by atoms with Crippen LogP contribution in [0.1, 0.15) is 19.8 Å². The monoisotopic (exact) mass is 456 g/mol. The molecule has 2 aromatic rings. The van der Waals surface area contributed by atoms with Crippen molar-refractivity contribution in [3.63, 3.8) is 0 Å². The third-order valence-corrected chi connectivity index (χ3v) is 3.48. The van der Waals surface area contributed by atoms with E-state index in [9.17, 15) is 4.79 Å². The van der Waals surface area contributed by atoms with Gasteiger partial charge < -0.3 is 5.32 Å². The first-order chi connectivity index (χ1) is 9.72. The molecule has 1 aromatic carbocycles. The minimum Gasteiger partial charge on any atom is -0.335 e. The Bertz CT molecular complexity index is 595. The van der Waals surface area contributed by atoms with Crippen LogP contribution in [0.25, 0.3) is 5.69 Å². The number of hydrogen-bond acceptors (Lipinski definition) is 2. The Morgan fingerprint density at radius 3 is 2.76 bits per heavy atom. The Morgan fingerprint density at radius 1 is 1.38 bits per heavy atom. The van der Waals surface area contributed by atoms with E-state index in [1.54, 1.807) is 10.7 Å². The van der Waals surface area contributed by atoms with Crippen molar-refractivity contribution in [1.29, 1.82) is 0 Å². The SMILES string of the molecule is CC(NC(=O)Nc1ccn(-c2cc[c-]cc2)n1)C1CC1.[Re]. The Balaban J connectivity index is 0.00000161. The average molecular weight is 456 g/mol. The minimum absolute atomic E-state index is 0. The van der Waals surface area contributed by atoms with Crippen molar-refractivity contribution in [1.82, 2.24) is 15.1 Å². The molecule has 111 valence electrons. The van der Waals surface area contributed by atoms with Gasteiger partial charge in [0.1, 0.15) is 0 Å². The summed E-state index contributed by atoms with van der Waals surface area (Å²) < 4.78 is 1.72. The number of hydrogen-bond donors (Lipinski definition) is 2. The molecule has 21 heavy (non-hydrogen) atoms. The predicted molar refractivity (Wildman–Crippen MR) is 76.7 cm³/mol. The minimum atomic E-state index is -0.198. The van der Waals surface area contributed by atoms with Crippen LogP contribution in [-0.2, 0) is 20.4 Å². The Hall–Kier alpha value is -1.64. The van der Waals surface area contributed by atoms with E-state index in [2.05, 4.69) is 21.8 Å². The summed E-state index contributed by atoms with van der Waals surface area (Å²) in [6.07, 6.45) is 4.23. The Labute approximate surface area is 137 Å². The third kappa shape index (κ3) is 4.16. The van der Waals surface area contributed by atoms with Gasteiger partial charge in [-0.1, -0.05) is 0 Å². The molecule has 1 atom stereocenters. The molecule has 0 aliphatic heterocycles. The zero-order chi connectivity index (χ0) is 13.9. The maximum Gasteiger partial charge on any atom is 0.320 e. The van der Waals surface area contributed by atoms with Crippen molar-refractivity contribution in [2.45, 2.75) is 25.8 Å². The van der Waals surface area contributed by atoms with Gasteiger partial charge in [-0.25, -0.2) is 4.79 Å². The molecule has 3 rings (SSSR count). The second-order valence-corrected chi connectivity index (χ2v) is 5.13. The molecule has 1 heterocycles. The van der Waals surface area contributed by atoms with Crippen molar-refractivity contribution < 1.29 is 25.2 Å². The first-order valence-corrected chi connectivity index (χ1v) is 6.82. The van der Waals surface area contributed by atoms with Crippen molar-refractivity contribution in [2.75, 3.05) is 5.32 Å². The predicted octanol–water partition coefficient (Wildman–Crippen LogP) is 2.59. The van der Waals surface area contributed by atoms with Crippen LogP contribution in [0.5, 0.6) is 0 Å². The summed E-state index contributed by atoms with van der Waals surface area (Å²) in [6.45, 7) is 2.04. The van der Waals surface area contributed by atoms with Gasteiger partial charge in [0.15, 0.2) is 5.82 Å². The van der Waals surface area contributed by atoms with E-state index in [-0.39, 0.29) is 32.5 Å². The smallest absolute Gasteiger partial charge is 0.320 e. The van der Waals surface area contributed by atoms with Crippen LogP contribution >= 0.6 is 0 Å². The first-order valence-electron chi connectivity index (χ1n) is 6.82. The van der Waals surface area contributed by atoms with Crippen molar-refractivity contribution in [2.24, 2.45) is 5.92 Å². The van der Waals surface area contributed by atoms with Gasteiger partial charge in [-0.15, -0.1) is 12.1 Å². The van der Waals surface area contributed by atoms with Crippen LogP contribution in [0.15, 0.2) is 36.5 Å². The molecule has 1 aliphatic carbocycles. The van der Waals surface area contributed by atoms with Crippen LogP contribution in [0.4, 0.5) is 10.6 Å². The van der Waals surface area contributed by atoms with Gasteiger partial charge in [-0.2, -0.15) is 23.3 Å². The fourth-order valence-corrected chi connectivity index (χ4v) is 2.14. The molecule has 0 saturated heterocycles. The standard InChI is InChI=1S/C15H17N4O.Re/c1-11(12-7-8-12)16-15(20)17-14-9-10-19(18-14)13-5-3-2-4-6-13;/h3-6,9-12H,7-8H2,1H3,(H2,16,17,18,20);/q-1;. The van der Waals surface area contributed by atoms with Gasteiger partial charge in [-0.05, 0) is 31.4 Å². The van der Waals surface area contributed by atoms with Gasteiger partial charge in [0, 0.05) is 38.7 Å². The molecule has 1 fully saturated rings. The number of rotatable bonds is 4. The molecule has 2 N–H and O–H groups in total. The van der Waals surface area contributed by atoms with Crippen molar-refractivity contribution in [3.05, 3.63) is 42.6 Å². The topological polar surface area (TPSA) is 59.0 Å². The van der Waals surface area contributed by atoms with Crippen LogP contribution in [-0.4, -0.2) is 21.9 Å². The zero-order valence-electron chi connectivity index (χ0n) is 11.7. The number of carbonyl (C=O) groups is 1. The average Bonchev–Trinajstić information content (AvgIpc) is 3.21. The normalized spacial score (nSPS) is 14.9. The molecule has 1 radical (unpaired) electrons. The fourth-order valence-electron chi connectivity index (χ4n) is 2.14. The molecule has 1 aliphatic rings. The second kappa shape index (κ2) is 6.88. The van der Waals surface area contributed by atoms with E-state index >= 15 is 0 Å². The molecule has 5 nitrogen and oxygen atoms in total. The van der Waals surface area contributed by atoms with E-state index < -0.39 is 0 Å². The number of urea groups is 1. The summed E-state index contributed by atoms with van der Waals surface area (Å²) in [4.78, 5) is 11.8. The third-order valence-electron chi connectivity index (χ3n) is 3.48. The Kier molecular flexibility index (Phi) is 5.16. The quantitative estimate of drug-likeness (QED) is 0.697. The number of amides is 2. The van der Waals surface area contributed by atoms with Crippen LogP contribution in [0.2, 0.25) is 0 Å². The van der Waals surface area contributed by atoms with Crippen LogP contribution in [0.3, 0.4) is 0 Å². The summed E-state index contributed by atoms with van der Waals surface area (Å²) in [5.74, 6) is 1.18. The van der Waals surface area contributed by atoms with Crippen molar-refractivity contribution in [3.8, 4) is 5.69 Å². The molecule has 0 bridgehead atoms. The van der Waals surface area contributed by atoms with E-state index in [1.807, 2.05) is 37.4 Å².